The van der Waals surface area contributed by atoms with Crippen molar-refractivity contribution in [2.45, 2.75) is 25.0 Å². The van der Waals surface area contributed by atoms with E-state index in [4.69, 9.17) is 4.74 Å². The van der Waals surface area contributed by atoms with Gasteiger partial charge in [-0.05, 0) is 26.0 Å². The number of para-hydroxylation sites is 1. The van der Waals surface area contributed by atoms with Crippen LogP contribution in [0.1, 0.15) is 13.8 Å². The number of carbonyl (C=O) groups is 2. The first-order valence-corrected chi connectivity index (χ1v) is 6.80. The minimum absolute atomic E-state index is 0.151. The van der Waals surface area contributed by atoms with E-state index in [0.717, 1.165) is 0 Å². The van der Waals surface area contributed by atoms with E-state index < -0.39 is 23.0 Å². The number of amides is 2. The maximum atomic E-state index is 12.7. The second-order valence-corrected chi connectivity index (χ2v) is 6.11. The van der Waals surface area contributed by atoms with Gasteiger partial charge in [-0.3, -0.25) is 9.59 Å². The second-order valence-electron chi connectivity index (χ2n) is 6.11. The zero-order valence-corrected chi connectivity index (χ0v) is 11.4. The lowest BCUT2D eigenvalue weighted by molar-refractivity contribution is -0.128. The van der Waals surface area contributed by atoms with E-state index in [2.05, 4.69) is 0 Å². The maximum Gasteiger partial charge on any atom is 0.241 e. The van der Waals surface area contributed by atoms with Crippen molar-refractivity contribution in [3.63, 3.8) is 0 Å². The van der Waals surface area contributed by atoms with Crippen molar-refractivity contribution in [2.24, 2.45) is 11.8 Å². The smallest absolute Gasteiger partial charge is 0.241 e. The predicted octanol–water partition coefficient (Wildman–Crippen LogP) is 1.91. The van der Waals surface area contributed by atoms with E-state index in [9.17, 15) is 9.59 Å². The highest BCUT2D eigenvalue weighted by molar-refractivity contribution is 6.23. The fourth-order valence-electron chi connectivity index (χ4n) is 3.86. The van der Waals surface area contributed by atoms with E-state index in [0.29, 0.717) is 5.69 Å². The number of ether oxygens (including phenoxy) is 1. The highest BCUT2D eigenvalue weighted by Crippen LogP contribution is 2.57. The van der Waals surface area contributed by atoms with Gasteiger partial charge in [-0.2, -0.15) is 0 Å². The minimum atomic E-state index is -0.657. The van der Waals surface area contributed by atoms with Crippen LogP contribution in [0.3, 0.4) is 0 Å². The molecule has 4 atom stereocenters. The Kier molecular flexibility index (Phi) is 2.01. The van der Waals surface area contributed by atoms with Crippen molar-refractivity contribution in [3.05, 3.63) is 42.5 Å². The van der Waals surface area contributed by atoms with Crippen LogP contribution in [0.5, 0.6) is 0 Å². The van der Waals surface area contributed by atoms with E-state index >= 15 is 0 Å². The van der Waals surface area contributed by atoms with Crippen LogP contribution >= 0.6 is 0 Å². The molecule has 0 aromatic heterocycles. The summed E-state index contributed by atoms with van der Waals surface area (Å²) in [5.41, 5.74) is -0.672. The monoisotopic (exact) mass is 269 g/mol. The number of fused-ring (bicyclic) bond motifs is 5. The molecule has 1 aromatic carbocycles. The molecule has 3 aliphatic rings. The van der Waals surface area contributed by atoms with Crippen molar-refractivity contribution in [1.82, 2.24) is 0 Å². The molecule has 20 heavy (non-hydrogen) atoms. The van der Waals surface area contributed by atoms with E-state index in [1.165, 1.54) is 4.90 Å². The number of imide groups is 1. The first kappa shape index (κ1) is 11.9. The quantitative estimate of drug-likeness (QED) is 0.578. The number of rotatable bonds is 1. The zero-order valence-electron chi connectivity index (χ0n) is 11.4. The molecule has 0 saturated carbocycles. The molecule has 4 unspecified atom stereocenters. The van der Waals surface area contributed by atoms with Crippen molar-refractivity contribution in [1.29, 1.82) is 0 Å². The fraction of sp³-hybridized carbons (Fsp3) is 0.375. The first-order chi connectivity index (χ1) is 9.46. The molecular weight excluding hydrogens is 254 g/mol. The summed E-state index contributed by atoms with van der Waals surface area (Å²) >= 11 is 0. The van der Waals surface area contributed by atoms with Gasteiger partial charge in [0.05, 0.1) is 28.7 Å². The van der Waals surface area contributed by atoms with Gasteiger partial charge in [0.2, 0.25) is 11.8 Å². The molecule has 2 fully saturated rings. The van der Waals surface area contributed by atoms with E-state index in [1.54, 1.807) is 12.1 Å². The number of carbonyl (C=O) groups excluding carboxylic acids is 2. The summed E-state index contributed by atoms with van der Waals surface area (Å²) in [6, 6.07) is 9.11. The van der Waals surface area contributed by atoms with Gasteiger partial charge in [0.15, 0.2) is 0 Å². The minimum Gasteiger partial charge on any atom is -0.359 e. The lowest BCUT2D eigenvalue weighted by atomic mass is 9.73. The van der Waals surface area contributed by atoms with Gasteiger partial charge in [0.1, 0.15) is 0 Å². The molecule has 3 heterocycles. The van der Waals surface area contributed by atoms with Crippen LogP contribution in [-0.4, -0.2) is 23.0 Å². The predicted molar refractivity (Wildman–Crippen MR) is 73.0 cm³/mol. The Morgan fingerprint density at radius 1 is 0.950 bits per heavy atom. The summed E-state index contributed by atoms with van der Waals surface area (Å²) in [6.07, 6.45) is 3.85. The number of anilines is 1. The molecule has 3 aliphatic heterocycles. The number of benzene rings is 1. The van der Waals surface area contributed by atoms with Crippen LogP contribution in [0.15, 0.2) is 42.5 Å². The van der Waals surface area contributed by atoms with Crippen LogP contribution in [-0.2, 0) is 14.3 Å². The van der Waals surface area contributed by atoms with Gasteiger partial charge in [-0.1, -0.05) is 30.4 Å². The van der Waals surface area contributed by atoms with Gasteiger partial charge in [0.25, 0.3) is 0 Å². The van der Waals surface area contributed by atoms with Gasteiger partial charge in [-0.25, -0.2) is 4.90 Å². The van der Waals surface area contributed by atoms with Gasteiger partial charge in [0, 0.05) is 0 Å². The summed E-state index contributed by atoms with van der Waals surface area (Å²) in [7, 11) is 0. The number of nitrogens with zero attached hydrogens (tertiary/aromatic N) is 1. The third-order valence-corrected chi connectivity index (χ3v) is 4.74. The first-order valence-electron chi connectivity index (χ1n) is 6.80. The lowest BCUT2D eigenvalue weighted by Crippen LogP contribution is -2.39. The zero-order chi connectivity index (χ0) is 14.1. The molecule has 1 aromatic rings. The molecule has 2 bridgehead atoms. The third kappa shape index (κ3) is 1.20. The van der Waals surface area contributed by atoms with Gasteiger partial charge >= 0.3 is 0 Å². The third-order valence-electron chi connectivity index (χ3n) is 4.74. The summed E-state index contributed by atoms with van der Waals surface area (Å²) in [5.74, 6) is -1.13. The van der Waals surface area contributed by atoms with Crippen LogP contribution in [0.2, 0.25) is 0 Å². The summed E-state index contributed by atoms with van der Waals surface area (Å²) in [6.45, 7) is 3.78. The summed E-state index contributed by atoms with van der Waals surface area (Å²) in [4.78, 5) is 26.8. The van der Waals surface area contributed by atoms with Crippen LogP contribution < -0.4 is 4.90 Å². The SMILES string of the molecule is CC12C=CC(C)(O1)C1C(=O)N(c3ccccc3)C(=O)C12. The van der Waals surface area contributed by atoms with Crippen LogP contribution in [0.4, 0.5) is 5.69 Å². The van der Waals surface area contributed by atoms with Crippen molar-refractivity contribution in [3.8, 4) is 0 Å². The lowest BCUT2D eigenvalue weighted by Gasteiger charge is -2.25. The highest BCUT2D eigenvalue weighted by Gasteiger charge is 2.70. The Morgan fingerprint density at radius 2 is 1.45 bits per heavy atom. The molecule has 0 N–H and O–H groups in total. The molecule has 2 amide bonds. The van der Waals surface area contributed by atoms with Gasteiger partial charge < -0.3 is 4.74 Å². The van der Waals surface area contributed by atoms with Crippen molar-refractivity contribution < 1.29 is 14.3 Å². The molecular formula is C16H15NO3. The molecule has 4 rings (SSSR count). The molecule has 0 aliphatic carbocycles. The molecule has 4 heteroatoms. The Morgan fingerprint density at radius 3 is 1.95 bits per heavy atom. The summed E-state index contributed by atoms with van der Waals surface area (Å²) in [5, 5.41) is 0. The fourth-order valence-corrected chi connectivity index (χ4v) is 3.86. The van der Waals surface area contributed by atoms with Crippen molar-refractivity contribution in [2.75, 3.05) is 4.90 Å². The molecule has 2 saturated heterocycles. The normalized spacial score (nSPS) is 41.6. The second kappa shape index (κ2) is 3.38. The molecule has 4 nitrogen and oxygen atoms in total. The Bertz CT molecular complexity index is 617. The Balaban J connectivity index is 1.83. The Labute approximate surface area is 117 Å². The van der Waals surface area contributed by atoms with Crippen LogP contribution in [0, 0.1) is 11.8 Å². The standard InChI is InChI=1S/C16H15NO3/c1-15-8-9-16(2,20-15)12-11(15)13(18)17(14(12)19)10-6-4-3-5-7-10/h3-9,11-12H,1-2H3. The number of hydrogen-bond acceptors (Lipinski definition) is 3. The average molecular weight is 269 g/mol. The molecule has 0 radical (unpaired) electrons. The summed E-state index contributed by atoms with van der Waals surface area (Å²) < 4.78 is 5.96. The van der Waals surface area contributed by atoms with E-state index in [-0.39, 0.29) is 11.8 Å². The van der Waals surface area contributed by atoms with Crippen molar-refractivity contribution >= 4 is 17.5 Å². The molecule has 0 spiro atoms. The number of hydrogen-bond donors (Lipinski definition) is 0. The van der Waals surface area contributed by atoms with Crippen LogP contribution in [0.25, 0.3) is 0 Å². The highest BCUT2D eigenvalue weighted by atomic mass is 16.5. The maximum absolute atomic E-state index is 12.7. The topological polar surface area (TPSA) is 46.6 Å². The largest absolute Gasteiger partial charge is 0.359 e. The van der Waals surface area contributed by atoms with Gasteiger partial charge in [-0.15, -0.1) is 0 Å². The Hall–Kier alpha value is -1.94. The average Bonchev–Trinajstić information content (AvgIpc) is 2.96. The molecule has 102 valence electrons. The van der Waals surface area contributed by atoms with E-state index in [1.807, 2.05) is 44.2 Å².